The summed E-state index contributed by atoms with van der Waals surface area (Å²) in [6.45, 7) is -1.64. The maximum atomic E-state index is 12.2. The standard InChI is InChI=1S/C23H26N2O12S/c1-38(32,33)20-11-9-18(10-12-20)22(21(14-26)17-6-3-2-4-7-17)16-35-23(27)34-13-5-8-19(37-25(30)31)15-36-24(28)29/h2-4,6-7,9-12,19,26H,5,8,13-16H2,1H3. The molecule has 2 aromatic carbocycles. The zero-order chi connectivity index (χ0) is 28.1. The third-order valence-electron chi connectivity index (χ3n) is 5.10. The summed E-state index contributed by atoms with van der Waals surface area (Å²) in [5.41, 5.74) is 2.01. The van der Waals surface area contributed by atoms with E-state index in [2.05, 4.69) is 9.68 Å². The van der Waals surface area contributed by atoms with E-state index in [-0.39, 0.29) is 31.0 Å². The first-order valence-corrected chi connectivity index (χ1v) is 13.0. The topological polar surface area (TPSA) is 195 Å². The second kappa shape index (κ2) is 14.5. The van der Waals surface area contributed by atoms with E-state index in [1.165, 1.54) is 24.3 Å². The van der Waals surface area contributed by atoms with Gasteiger partial charge in [0.25, 0.3) is 10.2 Å². The SMILES string of the molecule is CS(=O)(=O)c1ccc(C(COC(=O)OCCCC(CO[N+](=O)[O-])O[N+](=O)[O-])=C(CO)c2ccccc2)cc1. The highest BCUT2D eigenvalue weighted by Gasteiger charge is 2.18. The van der Waals surface area contributed by atoms with Crippen molar-refractivity contribution in [3.63, 3.8) is 0 Å². The molecule has 0 heterocycles. The lowest BCUT2D eigenvalue weighted by atomic mass is 9.95. The molecule has 2 rings (SSSR count). The van der Waals surface area contributed by atoms with Gasteiger partial charge in [-0.3, -0.25) is 0 Å². The van der Waals surface area contributed by atoms with Crippen molar-refractivity contribution in [1.82, 2.24) is 0 Å². The Bertz CT molecular complexity index is 1230. The van der Waals surface area contributed by atoms with Gasteiger partial charge < -0.3 is 24.3 Å². The maximum Gasteiger partial charge on any atom is 0.508 e. The second-order valence-electron chi connectivity index (χ2n) is 7.78. The van der Waals surface area contributed by atoms with Crippen LogP contribution in [-0.2, 0) is 29.0 Å². The summed E-state index contributed by atoms with van der Waals surface area (Å²) in [5.74, 6) is 0. The highest BCUT2D eigenvalue weighted by atomic mass is 32.2. The lowest BCUT2D eigenvalue weighted by Gasteiger charge is -2.16. The molecule has 0 bridgehead atoms. The summed E-state index contributed by atoms with van der Waals surface area (Å²) in [6, 6.07) is 14.7. The first kappa shape index (κ1) is 30.0. The van der Waals surface area contributed by atoms with Gasteiger partial charge in [-0.1, -0.05) is 42.5 Å². The van der Waals surface area contributed by atoms with Crippen molar-refractivity contribution in [1.29, 1.82) is 0 Å². The largest absolute Gasteiger partial charge is 0.508 e. The minimum atomic E-state index is -3.44. The fourth-order valence-electron chi connectivity index (χ4n) is 3.32. The smallest absolute Gasteiger partial charge is 0.434 e. The number of ether oxygens (including phenoxy) is 2. The Hall–Kier alpha value is -4.24. The van der Waals surface area contributed by atoms with Crippen LogP contribution in [0.1, 0.15) is 24.0 Å². The molecule has 0 saturated heterocycles. The van der Waals surface area contributed by atoms with Crippen LogP contribution in [0.5, 0.6) is 0 Å². The van der Waals surface area contributed by atoms with Gasteiger partial charge in [-0.2, -0.15) is 0 Å². The fraction of sp³-hybridized carbons (Fsp3) is 0.348. The Balaban J connectivity index is 2.08. The summed E-state index contributed by atoms with van der Waals surface area (Å²) in [7, 11) is -3.44. The normalized spacial score (nSPS) is 12.6. The Morgan fingerprint density at radius 1 is 0.947 bits per heavy atom. The lowest BCUT2D eigenvalue weighted by Crippen LogP contribution is -2.25. The molecule has 38 heavy (non-hydrogen) atoms. The number of sulfone groups is 1. The highest BCUT2D eigenvalue weighted by molar-refractivity contribution is 7.90. The van der Waals surface area contributed by atoms with Gasteiger partial charge in [-0.05, 0) is 41.7 Å². The van der Waals surface area contributed by atoms with Gasteiger partial charge in [-0.25, -0.2) is 13.2 Å². The monoisotopic (exact) mass is 554 g/mol. The van der Waals surface area contributed by atoms with Gasteiger partial charge in [0.15, 0.2) is 9.84 Å². The number of rotatable bonds is 15. The van der Waals surface area contributed by atoms with Crippen molar-refractivity contribution in [2.24, 2.45) is 0 Å². The number of benzene rings is 2. The van der Waals surface area contributed by atoms with Crippen LogP contribution in [-0.4, -0.2) is 68.6 Å². The molecule has 14 nitrogen and oxygen atoms in total. The molecular weight excluding hydrogens is 528 g/mol. The van der Waals surface area contributed by atoms with Gasteiger partial charge in [0.2, 0.25) is 0 Å². The van der Waals surface area contributed by atoms with Crippen LogP contribution in [0.3, 0.4) is 0 Å². The van der Waals surface area contributed by atoms with Gasteiger partial charge in [0.1, 0.15) is 19.3 Å². The predicted octanol–water partition coefficient (Wildman–Crippen LogP) is 2.71. The van der Waals surface area contributed by atoms with E-state index in [1.807, 2.05) is 0 Å². The second-order valence-corrected chi connectivity index (χ2v) is 9.79. The molecule has 15 heteroatoms. The fourth-order valence-corrected chi connectivity index (χ4v) is 3.95. The molecule has 0 spiro atoms. The first-order chi connectivity index (χ1) is 18.0. The molecule has 1 atom stereocenters. The molecule has 0 aliphatic rings. The molecule has 0 radical (unpaired) electrons. The van der Waals surface area contributed by atoms with Crippen molar-refractivity contribution < 1.29 is 47.6 Å². The van der Waals surface area contributed by atoms with E-state index in [0.29, 0.717) is 22.3 Å². The van der Waals surface area contributed by atoms with Crippen molar-refractivity contribution in [3.8, 4) is 0 Å². The predicted molar refractivity (Wildman–Crippen MR) is 131 cm³/mol. The molecule has 0 aliphatic carbocycles. The number of hydrogen-bond acceptors (Lipinski definition) is 12. The number of aliphatic hydroxyl groups is 1. The van der Waals surface area contributed by atoms with Gasteiger partial charge in [0, 0.05) is 11.8 Å². The van der Waals surface area contributed by atoms with Gasteiger partial charge >= 0.3 is 6.16 Å². The highest BCUT2D eigenvalue weighted by Crippen LogP contribution is 2.27. The summed E-state index contributed by atoms with van der Waals surface area (Å²) >= 11 is 0. The Kier molecular flexibility index (Phi) is 11.4. The number of aliphatic hydroxyl groups excluding tert-OH is 1. The van der Waals surface area contributed by atoms with Crippen LogP contribution in [0, 0.1) is 20.2 Å². The third-order valence-corrected chi connectivity index (χ3v) is 6.23. The van der Waals surface area contributed by atoms with E-state index in [0.717, 1.165) is 6.26 Å². The molecule has 1 unspecified atom stereocenters. The van der Waals surface area contributed by atoms with Crippen LogP contribution in [0.4, 0.5) is 4.79 Å². The van der Waals surface area contributed by atoms with E-state index in [1.54, 1.807) is 30.3 Å². The van der Waals surface area contributed by atoms with E-state index in [4.69, 9.17) is 9.47 Å². The molecule has 0 aromatic heterocycles. The van der Waals surface area contributed by atoms with Gasteiger partial charge in [0.05, 0.1) is 18.1 Å². The molecular formula is C23H26N2O12S. The molecule has 206 valence electrons. The molecule has 1 N–H and O–H groups in total. The number of carbonyl (C=O) groups excluding carboxylic acids is 1. The minimum absolute atomic E-state index is 0.0518. The summed E-state index contributed by atoms with van der Waals surface area (Å²) in [5, 5.41) is 28.7. The molecule has 0 saturated carbocycles. The molecule has 2 aromatic rings. The summed E-state index contributed by atoms with van der Waals surface area (Å²) in [6.07, 6.45) is -1.27. The first-order valence-electron chi connectivity index (χ1n) is 11.1. The van der Waals surface area contributed by atoms with E-state index in [9.17, 15) is 38.5 Å². The molecule has 0 fully saturated rings. The third kappa shape index (κ3) is 10.0. The van der Waals surface area contributed by atoms with E-state index >= 15 is 0 Å². The molecule has 0 amide bonds. The average molecular weight is 555 g/mol. The van der Waals surface area contributed by atoms with Crippen LogP contribution in [0.15, 0.2) is 59.5 Å². The van der Waals surface area contributed by atoms with Crippen LogP contribution in [0.25, 0.3) is 11.1 Å². The average Bonchev–Trinajstić information content (AvgIpc) is 2.87. The van der Waals surface area contributed by atoms with E-state index < -0.39 is 45.5 Å². The van der Waals surface area contributed by atoms with Crippen molar-refractivity contribution in [3.05, 3.63) is 86.0 Å². The quantitative estimate of drug-likeness (QED) is 0.111. The summed E-state index contributed by atoms with van der Waals surface area (Å²) < 4.78 is 33.8. The number of hydrogen-bond donors (Lipinski definition) is 1. The number of carbonyl (C=O) groups is 1. The summed E-state index contributed by atoms with van der Waals surface area (Å²) in [4.78, 5) is 41.5. The Morgan fingerprint density at radius 2 is 1.58 bits per heavy atom. The zero-order valence-electron chi connectivity index (χ0n) is 20.3. The van der Waals surface area contributed by atoms with Crippen molar-refractivity contribution >= 4 is 27.1 Å². The lowest BCUT2D eigenvalue weighted by molar-refractivity contribution is -0.790. The van der Waals surface area contributed by atoms with Crippen LogP contribution >= 0.6 is 0 Å². The Morgan fingerprint density at radius 3 is 2.13 bits per heavy atom. The van der Waals surface area contributed by atoms with Crippen LogP contribution < -0.4 is 0 Å². The molecule has 0 aliphatic heterocycles. The van der Waals surface area contributed by atoms with Crippen LogP contribution in [0.2, 0.25) is 0 Å². The number of nitrogens with zero attached hydrogens (tertiary/aromatic N) is 2. The Labute approximate surface area is 217 Å². The minimum Gasteiger partial charge on any atom is -0.434 e. The zero-order valence-corrected chi connectivity index (χ0v) is 21.1. The van der Waals surface area contributed by atoms with Crippen molar-refractivity contribution in [2.45, 2.75) is 23.8 Å². The van der Waals surface area contributed by atoms with Gasteiger partial charge in [-0.15, -0.1) is 20.2 Å². The van der Waals surface area contributed by atoms with Crippen molar-refractivity contribution in [2.75, 3.05) is 32.7 Å². The maximum absolute atomic E-state index is 12.2.